The standard InChI is InChI=1S/C25H23F4N3/c1-13(25-31-21-12-19(27)22(28)23(29)24(21)32-25)10-14-2-4-15(5-3-14)17-8-9-30-20-7-6-16(26)11-18(17)20/h6-9,11-15H,2-5,10H2,1H3,(H,31,32)/t13-,14-,15+/m1/s1. The molecule has 7 heteroatoms. The van der Waals surface area contributed by atoms with E-state index in [1.807, 2.05) is 13.0 Å². The van der Waals surface area contributed by atoms with Gasteiger partial charge in [-0.05, 0) is 73.8 Å². The van der Waals surface area contributed by atoms with Crippen molar-refractivity contribution in [3.05, 3.63) is 71.2 Å². The van der Waals surface area contributed by atoms with E-state index in [9.17, 15) is 17.6 Å². The number of aromatic amines is 1. The van der Waals surface area contributed by atoms with Crippen LogP contribution in [-0.2, 0) is 0 Å². The predicted octanol–water partition coefficient (Wildman–Crippen LogP) is 7.14. The van der Waals surface area contributed by atoms with Crippen LogP contribution in [0.3, 0.4) is 0 Å². The molecular formula is C25H23F4N3. The highest BCUT2D eigenvalue weighted by atomic mass is 19.2. The lowest BCUT2D eigenvalue weighted by Gasteiger charge is -2.30. The van der Waals surface area contributed by atoms with Gasteiger partial charge in [-0.1, -0.05) is 6.92 Å². The summed E-state index contributed by atoms with van der Waals surface area (Å²) in [5.74, 6) is -2.82. The second-order valence-electron chi connectivity index (χ2n) is 8.92. The lowest BCUT2D eigenvalue weighted by Crippen LogP contribution is -2.16. The molecule has 5 rings (SSSR count). The SMILES string of the molecule is C[C@H](C[C@H]1CC[C@@H](c2ccnc3ccc(F)cc32)CC1)c1nc2cc(F)c(F)c(F)c2[nH]1. The van der Waals surface area contributed by atoms with Gasteiger partial charge in [-0.3, -0.25) is 4.98 Å². The molecule has 4 aromatic rings. The molecule has 2 aromatic heterocycles. The van der Waals surface area contributed by atoms with Crippen LogP contribution in [0.4, 0.5) is 17.6 Å². The van der Waals surface area contributed by atoms with Crippen LogP contribution in [0.2, 0.25) is 0 Å². The molecule has 32 heavy (non-hydrogen) atoms. The average Bonchev–Trinajstić information content (AvgIpc) is 3.22. The van der Waals surface area contributed by atoms with Crippen molar-refractivity contribution in [2.45, 2.75) is 50.9 Å². The molecule has 0 aliphatic heterocycles. The topological polar surface area (TPSA) is 41.6 Å². The Labute approximate surface area is 182 Å². The smallest absolute Gasteiger partial charge is 0.196 e. The van der Waals surface area contributed by atoms with Gasteiger partial charge in [-0.25, -0.2) is 22.5 Å². The minimum atomic E-state index is -1.48. The first-order chi connectivity index (χ1) is 15.4. The molecule has 3 nitrogen and oxygen atoms in total. The molecular weight excluding hydrogens is 418 g/mol. The number of fused-ring (bicyclic) bond motifs is 2. The summed E-state index contributed by atoms with van der Waals surface area (Å²) in [6.07, 6.45) is 6.68. The maximum atomic E-state index is 14.0. The fraction of sp³-hybridized carbons (Fsp3) is 0.360. The number of pyridine rings is 1. The van der Waals surface area contributed by atoms with E-state index in [2.05, 4.69) is 15.0 Å². The van der Waals surface area contributed by atoms with E-state index in [1.165, 1.54) is 6.07 Å². The van der Waals surface area contributed by atoms with Crippen LogP contribution in [0.25, 0.3) is 21.9 Å². The number of halogens is 4. The Bertz CT molecular complexity index is 1290. The number of H-pyrrole nitrogens is 1. The lowest BCUT2D eigenvalue weighted by molar-refractivity contribution is 0.296. The summed E-state index contributed by atoms with van der Waals surface area (Å²) in [7, 11) is 0. The van der Waals surface area contributed by atoms with Crippen molar-refractivity contribution >= 4 is 21.9 Å². The van der Waals surface area contributed by atoms with Crippen molar-refractivity contribution in [1.29, 1.82) is 0 Å². The first-order valence-electron chi connectivity index (χ1n) is 11.0. The van der Waals surface area contributed by atoms with Gasteiger partial charge in [0.05, 0.1) is 11.0 Å². The maximum Gasteiger partial charge on any atom is 0.196 e. The van der Waals surface area contributed by atoms with Crippen LogP contribution in [-0.4, -0.2) is 15.0 Å². The van der Waals surface area contributed by atoms with Gasteiger partial charge in [0.1, 0.15) is 17.2 Å². The Kier molecular flexibility index (Phi) is 5.35. The molecule has 166 valence electrons. The van der Waals surface area contributed by atoms with Gasteiger partial charge in [0, 0.05) is 23.6 Å². The number of benzene rings is 2. The van der Waals surface area contributed by atoms with Gasteiger partial charge in [0.25, 0.3) is 0 Å². The summed E-state index contributed by atoms with van der Waals surface area (Å²) in [6.45, 7) is 1.99. The third kappa shape index (κ3) is 3.74. The summed E-state index contributed by atoms with van der Waals surface area (Å²) < 4.78 is 54.8. The highest BCUT2D eigenvalue weighted by Crippen LogP contribution is 2.41. The van der Waals surface area contributed by atoms with Gasteiger partial charge < -0.3 is 4.98 Å². The van der Waals surface area contributed by atoms with Crippen LogP contribution in [0, 0.1) is 29.2 Å². The lowest BCUT2D eigenvalue weighted by atomic mass is 9.75. The number of nitrogens with one attached hydrogen (secondary N) is 1. The molecule has 1 saturated carbocycles. The number of aromatic nitrogens is 3. The summed E-state index contributed by atoms with van der Waals surface area (Å²) in [4.78, 5) is 11.5. The highest BCUT2D eigenvalue weighted by molar-refractivity contribution is 5.82. The number of hydrogen-bond acceptors (Lipinski definition) is 2. The summed E-state index contributed by atoms with van der Waals surface area (Å²) in [5, 5.41) is 0.882. The number of nitrogens with zero attached hydrogens (tertiary/aromatic N) is 2. The molecule has 0 bridgehead atoms. The van der Waals surface area contributed by atoms with Gasteiger partial charge in [-0.2, -0.15) is 0 Å². The summed E-state index contributed by atoms with van der Waals surface area (Å²) in [5.41, 5.74) is 1.97. The summed E-state index contributed by atoms with van der Waals surface area (Å²) in [6, 6.07) is 7.64. The molecule has 1 N–H and O–H groups in total. The zero-order chi connectivity index (χ0) is 22.4. The van der Waals surface area contributed by atoms with Crippen LogP contribution >= 0.6 is 0 Å². The second-order valence-corrected chi connectivity index (χ2v) is 8.92. The van der Waals surface area contributed by atoms with E-state index in [-0.39, 0.29) is 22.8 Å². The van der Waals surface area contributed by atoms with Crippen LogP contribution in [0.15, 0.2) is 36.5 Å². The van der Waals surface area contributed by atoms with Crippen LogP contribution < -0.4 is 0 Å². The van der Waals surface area contributed by atoms with E-state index in [1.54, 1.807) is 18.3 Å². The molecule has 0 unspecified atom stereocenters. The van der Waals surface area contributed by atoms with Crippen molar-refractivity contribution in [3.63, 3.8) is 0 Å². The Hall–Kier alpha value is -2.96. The maximum absolute atomic E-state index is 14.0. The molecule has 1 fully saturated rings. The molecule has 1 aliphatic rings. The fourth-order valence-electron chi connectivity index (χ4n) is 5.13. The van der Waals surface area contributed by atoms with E-state index in [0.717, 1.165) is 54.6 Å². The average molecular weight is 441 g/mol. The number of hydrogen-bond donors (Lipinski definition) is 1. The third-order valence-corrected chi connectivity index (χ3v) is 6.81. The molecule has 1 atom stereocenters. The molecule has 0 amide bonds. The molecule has 0 spiro atoms. The minimum absolute atomic E-state index is 0.00493. The van der Waals surface area contributed by atoms with Crippen molar-refractivity contribution in [2.24, 2.45) is 5.92 Å². The monoisotopic (exact) mass is 441 g/mol. The fourth-order valence-corrected chi connectivity index (χ4v) is 5.13. The third-order valence-electron chi connectivity index (χ3n) is 6.81. The Balaban J connectivity index is 1.28. The largest absolute Gasteiger partial charge is 0.339 e. The second kappa shape index (κ2) is 8.19. The van der Waals surface area contributed by atoms with E-state index in [0.29, 0.717) is 17.7 Å². The first kappa shape index (κ1) is 20.9. The molecule has 0 radical (unpaired) electrons. The highest BCUT2D eigenvalue weighted by Gasteiger charge is 2.27. The molecule has 2 aromatic carbocycles. The minimum Gasteiger partial charge on any atom is -0.339 e. The zero-order valence-electron chi connectivity index (χ0n) is 17.6. The Morgan fingerprint density at radius 1 is 0.969 bits per heavy atom. The van der Waals surface area contributed by atoms with Gasteiger partial charge in [-0.15, -0.1) is 0 Å². The van der Waals surface area contributed by atoms with Crippen LogP contribution in [0.1, 0.15) is 62.3 Å². The van der Waals surface area contributed by atoms with Gasteiger partial charge in [0.2, 0.25) is 0 Å². The zero-order valence-corrected chi connectivity index (χ0v) is 17.6. The van der Waals surface area contributed by atoms with Gasteiger partial charge in [0.15, 0.2) is 17.5 Å². The van der Waals surface area contributed by atoms with E-state index < -0.39 is 17.5 Å². The molecule has 0 saturated heterocycles. The van der Waals surface area contributed by atoms with Crippen molar-refractivity contribution in [1.82, 2.24) is 15.0 Å². The predicted molar refractivity (Wildman–Crippen MR) is 115 cm³/mol. The Morgan fingerprint density at radius 3 is 2.53 bits per heavy atom. The van der Waals surface area contributed by atoms with Crippen molar-refractivity contribution < 1.29 is 17.6 Å². The number of imidazole rings is 1. The van der Waals surface area contributed by atoms with Gasteiger partial charge >= 0.3 is 0 Å². The molecule has 2 heterocycles. The van der Waals surface area contributed by atoms with Crippen LogP contribution in [0.5, 0.6) is 0 Å². The van der Waals surface area contributed by atoms with Crippen molar-refractivity contribution in [2.75, 3.05) is 0 Å². The van der Waals surface area contributed by atoms with E-state index in [4.69, 9.17) is 0 Å². The normalized spacial score (nSPS) is 20.2. The Morgan fingerprint density at radius 2 is 1.75 bits per heavy atom. The van der Waals surface area contributed by atoms with E-state index >= 15 is 0 Å². The molecule has 1 aliphatic carbocycles. The summed E-state index contributed by atoms with van der Waals surface area (Å²) >= 11 is 0. The quantitative estimate of drug-likeness (QED) is 0.270. The number of rotatable bonds is 4. The first-order valence-corrected chi connectivity index (χ1v) is 11.0. The van der Waals surface area contributed by atoms with Crippen molar-refractivity contribution in [3.8, 4) is 0 Å².